The Morgan fingerprint density at radius 2 is 2.06 bits per heavy atom. The zero-order valence-corrected chi connectivity index (χ0v) is 10.9. The summed E-state index contributed by atoms with van der Waals surface area (Å²) in [6, 6.07) is -1.34. The predicted molar refractivity (Wildman–Crippen MR) is 63.3 cm³/mol. The van der Waals surface area contributed by atoms with Gasteiger partial charge in [0.15, 0.2) is 0 Å². The van der Waals surface area contributed by atoms with E-state index in [1.54, 1.807) is 0 Å². The number of carbonyl (C=O) groups is 2. The van der Waals surface area contributed by atoms with Gasteiger partial charge < -0.3 is 15.6 Å². The molecule has 0 aromatic heterocycles. The Morgan fingerprint density at radius 3 is 2.50 bits per heavy atom. The molecule has 0 aromatic rings. The lowest BCUT2D eigenvalue weighted by Crippen LogP contribution is -2.42. The zero-order chi connectivity index (χ0) is 14.2. The van der Waals surface area contributed by atoms with Gasteiger partial charge in [0.05, 0.1) is 5.75 Å². The number of sulfonamides is 1. The quantitative estimate of drug-likeness (QED) is 0.424. The Kier molecular flexibility index (Phi) is 7.48. The van der Waals surface area contributed by atoms with Crippen LogP contribution in [0.25, 0.3) is 0 Å². The molecule has 0 spiro atoms. The van der Waals surface area contributed by atoms with Gasteiger partial charge in [-0.05, 0) is 12.8 Å². The van der Waals surface area contributed by atoms with E-state index in [0.29, 0.717) is 0 Å². The lowest BCUT2D eigenvalue weighted by molar-refractivity contribution is -0.139. The molecule has 9 heteroatoms. The van der Waals surface area contributed by atoms with Crippen LogP contribution < -0.4 is 10.5 Å². The third-order valence-corrected chi connectivity index (χ3v) is 3.53. The van der Waals surface area contributed by atoms with Crippen molar-refractivity contribution in [3.8, 4) is 0 Å². The number of primary amides is 1. The molecule has 18 heavy (non-hydrogen) atoms. The van der Waals surface area contributed by atoms with Crippen LogP contribution in [-0.2, 0) is 24.3 Å². The maximum Gasteiger partial charge on any atom is 0.321 e. The third-order valence-electron chi connectivity index (χ3n) is 2.06. The Morgan fingerprint density at radius 1 is 1.44 bits per heavy atom. The van der Waals surface area contributed by atoms with Gasteiger partial charge in [0.1, 0.15) is 6.04 Å². The second-order valence-electron chi connectivity index (χ2n) is 3.68. The Bertz CT molecular complexity index is 381. The van der Waals surface area contributed by atoms with E-state index in [1.165, 1.54) is 7.11 Å². The molecular weight excluding hydrogens is 264 g/mol. The van der Waals surface area contributed by atoms with Gasteiger partial charge >= 0.3 is 5.97 Å². The Hall–Kier alpha value is -1.19. The summed E-state index contributed by atoms with van der Waals surface area (Å²) in [5, 5.41) is 8.82. The topological polar surface area (TPSA) is 136 Å². The van der Waals surface area contributed by atoms with Gasteiger partial charge in [-0.1, -0.05) is 0 Å². The number of hydrogen-bond acceptors (Lipinski definition) is 5. The number of rotatable bonds is 10. The fraction of sp³-hybridized carbons (Fsp3) is 0.778. The van der Waals surface area contributed by atoms with Crippen LogP contribution in [0.2, 0.25) is 0 Å². The summed E-state index contributed by atoms with van der Waals surface area (Å²) in [6.07, 6.45) is -0.111. The number of nitrogens with one attached hydrogen (secondary N) is 1. The summed E-state index contributed by atoms with van der Waals surface area (Å²) < 4.78 is 29.8. The summed E-state index contributed by atoms with van der Waals surface area (Å²) in [6.45, 7) is 0.264. The maximum atomic E-state index is 11.5. The van der Waals surface area contributed by atoms with Gasteiger partial charge in [0.2, 0.25) is 15.9 Å². The minimum atomic E-state index is -3.71. The van der Waals surface area contributed by atoms with E-state index in [0.717, 1.165) is 0 Å². The number of hydrogen-bond donors (Lipinski definition) is 3. The Labute approximate surface area is 106 Å². The predicted octanol–water partition coefficient (Wildman–Crippen LogP) is -1.34. The van der Waals surface area contributed by atoms with Gasteiger partial charge in [-0.15, -0.1) is 0 Å². The minimum Gasteiger partial charge on any atom is -0.480 e. The molecule has 8 nitrogen and oxygen atoms in total. The van der Waals surface area contributed by atoms with E-state index in [1.807, 2.05) is 4.72 Å². The molecule has 0 fully saturated rings. The van der Waals surface area contributed by atoms with Crippen molar-refractivity contribution in [1.29, 1.82) is 0 Å². The third kappa shape index (κ3) is 7.98. The molecule has 4 N–H and O–H groups in total. The molecule has 0 radical (unpaired) electrons. The fourth-order valence-corrected chi connectivity index (χ4v) is 2.46. The molecule has 0 bridgehead atoms. The van der Waals surface area contributed by atoms with Crippen molar-refractivity contribution in [2.75, 3.05) is 19.5 Å². The van der Waals surface area contributed by atoms with Gasteiger partial charge in [-0.3, -0.25) is 9.59 Å². The van der Waals surface area contributed by atoms with Gasteiger partial charge in [0.25, 0.3) is 0 Å². The molecule has 0 aliphatic rings. The number of nitrogens with two attached hydrogens (primary N) is 1. The number of carboxylic acids is 1. The highest BCUT2D eigenvalue weighted by Crippen LogP contribution is 2.01. The molecule has 1 atom stereocenters. The molecule has 0 heterocycles. The van der Waals surface area contributed by atoms with Gasteiger partial charge in [-0.2, -0.15) is 0 Å². The molecule has 0 rings (SSSR count). The largest absolute Gasteiger partial charge is 0.480 e. The van der Waals surface area contributed by atoms with Crippen molar-refractivity contribution in [2.45, 2.75) is 25.3 Å². The van der Waals surface area contributed by atoms with Crippen LogP contribution in [0, 0.1) is 0 Å². The molecular formula is C9H18N2O6S. The van der Waals surface area contributed by atoms with Gasteiger partial charge in [0, 0.05) is 20.1 Å². The van der Waals surface area contributed by atoms with Crippen LogP contribution in [0.5, 0.6) is 0 Å². The van der Waals surface area contributed by atoms with Crippen molar-refractivity contribution in [3.05, 3.63) is 0 Å². The van der Waals surface area contributed by atoms with Crippen LogP contribution in [-0.4, -0.2) is 50.9 Å². The monoisotopic (exact) mass is 282 g/mol. The van der Waals surface area contributed by atoms with E-state index in [4.69, 9.17) is 15.6 Å². The van der Waals surface area contributed by atoms with E-state index in [-0.39, 0.29) is 31.6 Å². The first-order valence-corrected chi connectivity index (χ1v) is 6.94. The van der Waals surface area contributed by atoms with Crippen LogP contribution in [0.3, 0.4) is 0 Å². The van der Waals surface area contributed by atoms with E-state index in [9.17, 15) is 18.0 Å². The molecule has 0 aliphatic heterocycles. The molecule has 0 aliphatic carbocycles. The molecule has 0 saturated heterocycles. The maximum absolute atomic E-state index is 11.5. The fourth-order valence-electron chi connectivity index (χ4n) is 1.19. The second-order valence-corrected chi connectivity index (χ2v) is 5.55. The van der Waals surface area contributed by atoms with E-state index < -0.39 is 27.9 Å². The first-order chi connectivity index (χ1) is 8.28. The summed E-state index contributed by atoms with van der Waals surface area (Å²) in [5.41, 5.74) is 4.88. The smallest absolute Gasteiger partial charge is 0.321 e. The van der Waals surface area contributed by atoms with Crippen LogP contribution in [0.15, 0.2) is 0 Å². The van der Waals surface area contributed by atoms with Crippen LogP contribution >= 0.6 is 0 Å². The average Bonchev–Trinajstić information content (AvgIpc) is 2.23. The first kappa shape index (κ1) is 16.8. The van der Waals surface area contributed by atoms with Crippen LogP contribution in [0.1, 0.15) is 19.3 Å². The molecule has 0 unspecified atom stereocenters. The Balaban J connectivity index is 4.38. The van der Waals surface area contributed by atoms with E-state index in [2.05, 4.69) is 0 Å². The first-order valence-electron chi connectivity index (χ1n) is 5.28. The van der Waals surface area contributed by atoms with Crippen molar-refractivity contribution in [2.24, 2.45) is 5.73 Å². The summed E-state index contributed by atoms with van der Waals surface area (Å²) in [7, 11) is -2.27. The number of carbonyl (C=O) groups excluding carboxylic acids is 1. The van der Waals surface area contributed by atoms with Crippen molar-refractivity contribution >= 4 is 21.9 Å². The normalized spacial score (nSPS) is 13.2. The lowest BCUT2D eigenvalue weighted by atomic mass is 10.2. The number of amides is 1. The van der Waals surface area contributed by atoms with Crippen molar-refractivity contribution in [3.63, 3.8) is 0 Å². The second kappa shape index (κ2) is 8.01. The number of methoxy groups -OCH3 is 1. The lowest BCUT2D eigenvalue weighted by Gasteiger charge is -2.13. The highest BCUT2D eigenvalue weighted by Gasteiger charge is 2.23. The molecule has 1 amide bonds. The number of ether oxygens (including phenoxy) is 1. The average molecular weight is 282 g/mol. The standard InChI is InChI=1S/C9H18N2O6S/c1-17-5-2-6-18(15,16)11-7(9(13)14)3-4-8(10)12/h7,11H,2-6H2,1H3,(H2,10,12)(H,13,14)/t7-/m1/s1. The highest BCUT2D eigenvalue weighted by molar-refractivity contribution is 7.89. The molecule has 0 saturated carbocycles. The molecule has 0 aromatic carbocycles. The summed E-state index contributed by atoms with van der Waals surface area (Å²) >= 11 is 0. The molecule has 106 valence electrons. The van der Waals surface area contributed by atoms with E-state index >= 15 is 0 Å². The van der Waals surface area contributed by atoms with Gasteiger partial charge in [-0.25, -0.2) is 13.1 Å². The number of aliphatic carboxylic acids is 1. The highest BCUT2D eigenvalue weighted by atomic mass is 32.2. The van der Waals surface area contributed by atoms with Crippen molar-refractivity contribution in [1.82, 2.24) is 4.72 Å². The van der Waals surface area contributed by atoms with Crippen LogP contribution in [0.4, 0.5) is 0 Å². The van der Waals surface area contributed by atoms with Crippen molar-refractivity contribution < 1.29 is 27.9 Å². The summed E-state index contributed by atoms with van der Waals surface area (Å²) in [4.78, 5) is 21.4. The minimum absolute atomic E-state index is 0.172. The number of carboxylic acid groups (broad SMARTS) is 1. The summed E-state index contributed by atoms with van der Waals surface area (Å²) in [5.74, 6) is -2.26. The zero-order valence-electron chi connectivity index (χ0n) is 10.1. The SMILES string of the molecule is COCCCS(=O)(=O)N[C@H](CCC(N)=O)C(=O)O.